The SMILES string of the molecule is COc1cc(F)c(C(COc2cccc(C)n2)N2Cc3cc(Cl)ccc3C2=O)c(F)c1. The Morgan fingerprint density at radius 2 is 1.90 bits per heavy atom. The summed E-state index contributed by atoms with van der Waals surface area (Å²) in [5.41, 5.74) is 1.58. The van der Waals surface area contributed by atoms with Crippen molar-refractivity contribution in [1.29, 1.82) is 0 Å². The molecule has 3 aromatic rings. The number of aryl methyl sites for hydroxylation is 1. The number of nitrogens with zero attached hydrogens (tertiary/aromatic N) is 2. The van der Waals surface area contributed by atoms with E-state index < -0.39 is 17.7 Å². The minimum atomic E-state index is -1.04. The molecule has 0 radical (unpaired) electrons. The molecule has 0 aliphatic carbocycles. The lowest BCUT2D eigenvalue weighted by molar-refractivity contribution is 0.0621. The summed E-state index contributed by atoms with van der Waals surface area (Å²) in [5.74, 6) is -1.67. The van der Waals surface area contributed by atoms with Crippen molar-refractivity contribution in [1.82, 2.24) is 9.88 Å². The molecule has 1 amide bonds. The third kappa shape index (κ3) is 4.18. The van der Waals surface area contributed by atoms with Gasteiger partial charge < -0.3 is 14.4 Å². The highest BCUT2D eigenvalue weighted by atomic mass is 35.5. The van der Waals surface area contributed by atoms with Gasteiger partial charge in [0, 0.05) is 46.6 Å². The number of methoxy groups -OCH3 is 1. The number of halogens is 3. The van der Waals surface area contributed by atoms with Gasteiger partial charge in [-0.15, -0.1) is 0 Å². The van der Waals surface area contributed by atoms with E-state index in [1.165, 1.54) is 12.0 Å². The van der Waals surface area contributed by atoms with Gasteiger partial charge in [0.05, 0.1) is 13.2 Å². The second-order valence-electron chi connectivity index (χ2n) is 7.18. The van der Waals surface area contributed by atoms with Gasteiger partial charge in [0.1, 0.15) is 24.0 Å². The highest BCUT2D eigenvalue weighted by molar-refractivity contribution is 6.30. The molecule has 2 aromatic carbocycles. The Labute approximate surface area is 183 Å². The summed E-state index contributed by atoms with van der Waals surface area (Å²) in [7, 11) is 1.32. The fraction of sp³-hybridized carbons (Fsp3) is 0.217. The zero-order valence-electron chi connectivity index (χ0n) is 16.9. The Morgan fingerprint density at radius 1 is 1.16 bits per heavy atom. The van der Waals surface area contributed by atoms with Gasteiger partial charge >= 0.3 is 0 Å². The molecule has 1 aliphatic rings. The van der Waals surface area contributed by atoms with Crippen molar-refractivity contribution in [2.75, 3.05) is 13.7 Å². The van der Waals surface area contributed by atoms with Crippen LogP contribution in [0.1, 0.15) is 33.2 Å². The van der Waals surface area contributed by atoms with Gasteiger partial charge in [0.25, 0.3) is 5.91 Å². The number of carbonyl (C=O) groups is 1. The molecule has 1 unspecified atom stereocenters. The highest BCUT2D eigenvalue weighted by Gasteiger charge is 2.37. The van der Waals surface area contributed by atoms with Crippen molar-refractivity contribution in [3.05, 3.63) is 87.6 Å². The average molecular weight is 445 g/mol. The molecule has 160 valence electrons. The number of hydrogen-bond donors (Lipinski definition) is 0. The van der Waals surface area contributed by atoms with Crippen LogP contribution in [0.15, 0.2) is 48.5 Å². The van der Waals surface area contributed by atoms with Crippen molar-refractivity contribution >= 4 is 17.5 Å². The molecule has 0 N–H and O–H groups in total. The number of carbonyl (C=O) groups excluding carboxylic acids is 1. The number of amides is 1. The van der Waals surface area contributed by atoms with E-state index in [1.54, 1.807) is 43.3 Å². The third-order valence-electron chi connectivity index (χ3n) is 5.15. The van der Waals surface area contributed by atoms with E-state index in [-0.39, 0.29) is 30.4 Å². The predicted octanol–water partition coefficient (Wildman–Crippen LogP) is 5.11. The van der Waals surface area contributed by atoms with Gasteiger partial charge in [-0.2, -0.15) is 0 Å². The third-order valence-corrected chi connectivity index (χ3v) is 5.38. The number of fused-ring (bicyclic) bond motifs is 1. The zero-order valence-corrected chi connectivity index (χ0v) is 17.6. The number of rotatable bonds is 6. The number of benzene rings is 2. The van der Waals surface area contributed by atoms with Crippen LogP contribution in [0.5, 0.6) is 11.6 Å². The minimum absolute atomic E-state index is 0.0431. The van der Waals surface area contributed by atoms with Gasteiger partial charge in [-0.3, -0.25) is 4.79 Å². The van der Waals surface area contributed by atoms with Crippen LogP contribution in [0.4, 0.5) is 8.78 Å². The maximum absolute atomic E-state index is 15.0. The highest BCUT2D eigenvalue weighted by Crippen LogP contribution is 2.36. The molecule has 8 heteroatoms. The van der Waals surface area contributed by atoms with Crippen molar-refractivity contribution in [2.24, 2.45) is 0 Å². The summed E-state index contributed by atoms with van der Waals surface area (Å²) < 4.78 is 40.6. The Morgan fingerprint density at radius 3 is 2.58 bits per heavy atom. The smallest absolute Gasteiger partial charge is 0.255 e. The first-order valence-electron chi connectivity index (χ1n) is 9.56. The molecular formula is C23H19ClF2N2O3. The fourth-order valence-electron chi connectivity index (χ4n) is 3.65. The molecule has 5 nitrogen and oxygen atoms in total. The second-order valence-corrected chi connectivity index (χ2v) is 7.62. The van der Waals surface area contributed by atoms with Crippen LogP contribution in [0.2, 0.25) is 5.02 Å². The lowest BCUT2D eigenvalue weighted by atomic mass is 10.0. The summed E-state index contributed by atoms with van der Waals surface area (Å²) in [6.45, 7) is 1.76. The summed E-state index contributed by atoms with van der Waals surface area (Å²) in [6.07, 6.45) is 0. The summed E-state index contributed by atoms with van der Waals surface area (Å²) in [6, 6.07) is 11.2. The van der Waals surface area contributed by atoms with E-state index in [0.29, 0.717) is 22.0 Å². The molecule has 4 rings (SSSR count). The lowest BCUT2D eigenvalue weighted by Gasteiger charge is -2.29. The van der Waals surface area contributed by atoms with Crippen LogP contribution in [-0.2, 0) is 6.54 Å². The molecule has 0 bridgehead atoms. The van der Waals surface area contributed by atoms with E-state index in [0.717, 1.165) is 17.8 Å². The summed E-state index contributed by atoms with van der Waals surface area (Å²) >= 11 is 6.06. The maximum atomic E-state index is 15.0. The van der Waals surface area contributed by atoms with Crippen molar-refractivity contribution in [2.45, 2.75) is 19.5 Å². The first kappa shape index (κ1) is 21.1. The van der Waals surface area contributed by atoms with E-state index in [4.69, 9.17) is 21.1 Å². The van der Waals surface area contributed by atoms with Gasteiger partial charge in [-0.25, -0.2) is 13.8 Å². The van der Waals surface area contributed by atoms with Crippen molar-refractivity contribution < 1.29 is 23.0 Å². The first-order valence-corrected chi connectivity index (χ1v) is 9.94. The van der Waals surface area contributed by atoms with Crippen LogP contribution in [0.25, 0.3) is 0 Å². The van der Waals surface area contributed by atoms with Crippen LogP contribution in [-0.4, -0.2) is 29.5 Å². The number of pyridine rings is 1. The molecule has 0 saturated carbocycles. The topological polar surface area (TPSA) is 51.7 Å². The molecule has 2 heterocycles. The average Bonchev–Trinajstić information content (AvgIpc) is 3.05. The lowest BCUT2D eigenvalue weighted by Crippen LogP contribution is -2.34. The standard InChI is InChI=1S/C23H19ClF2N2O3/c1-13-4-3-5-21(27-13)31-12-20(22-18(25)9-16(30-2)10-19(22)26)28-11-14-8-15(24)6-7-17(14)23(28)29/h3-10,20H,11-12H2,1-2H3. The zero-order chi connectivity index (χ0) is 22.1. The Hall–Kier alpha value is -3.19. The molecule has 0 fully saturated rings. The van der Waals surface area contributed by atoms with E-state index in [1.807, 2.05) is 0 Å². The van der Waals surface area contributed by atoms with Crippen LogP contribution in [0, 0.1) is 18.6 Å². The molecular weight excluding hydrogens is 426 g/mol. The quantitative estimate of drug-likeness (QED) is 0.530. The molecule has 1 aliphatic heterocycles. The van der Waals surface area contributed by atoms with Gasteiger partial charge in [-0.1, -0.05) is 17.7 Å². The Bertz CT molecular complexity index is 1130. The van der Waals surface area contributed by atoms with Gasteiger partial charge in [0.2, 0.25) is 5.88 Å². The van der Waals surface area contributed by atoms with Crippen LogP contribution in [0.3, 0.4) is 0 Å². The van der Waals surface area contributed by atoms with Gasteiger partial charge in [-0.05, 0) is 36.8 Å². The molecule has 0 spiro atoms. The fourth-order valence-corrected chi connectivity index (χ4v) is 3.85. The Kier molecular flexibility index (Phi) is 5.78. The van der Waals surface area contributed by atoms with Crippen molar-refractivity contribution in [3.63, 3.8) is 0 Å². The largest absolute Gasteiger partial charge is 0.497 e. The van der Waals surface area contributed by atoms with E-state index >= 15 is 0 Å². The van der Waals surface area contributed by atoms with Crippen LogP contribution >= 0.6 is 11.6 Å². The summed E-state index contributed by atoms with van der Waals surface area (Å²) in [5, 5.41) is 0.479. The van der Waals surface area contributed by atoms with Crippen LogP contribution < -0.4 is 9.47 Å². The molecule has 0 saturated heterocycles. The van der Waals surface area contributed by atoms with Crippen molar-refractivity contribution in [3.8, 4) is 11.6 Å². The van der Waals surface area contributed by atoms with Gasteiger partial charge in [0.15, 0.2) is 0 Å². The predicted molar refractivity (Wildman–Crippen MR) is 111 cm³/mol. The monoisotopic (exact) mass is 444 g/mol. The first-order chi connectivity index (χ1) is 14.9. The second kappa shape index (κ2) is 8.51. The molecule has 1 atom stereocenters. The number of hydrogen-bond acceptors (Lipinski definition) is 4. The number of aromatic nitrogens is 1. The van der Waals surface area contributed by atoms with E-state index in [9.17, 15) is 13.6 Å². The Balaban J connectivity index is 1.72. The summed E-state index contributed by atoms with van der Waals surface area (Å²) in [4.78, 5) is 18.7. The number of ether oxygens (including phenoxy) is 2. The molecule has 1 aromatic heterocycles. The van der Waals surface area contributed by atoms with E-state index in [2.05, 4.69) is 4.98 Å². The maximum Gasteiger partial charge on any atom is 0.255 e. The normalized spacial score (nSPS) is 13.8. The molecule has 31 heavy (non-hydrogen) atoms. The minimum Gasteiger partial charge on any atom is -0.497 e.